The number of esters is 1. The highest BCUT2D eigenvalue weighted by atomic mass is 32.2. The minimum absolute atomic E-state index is 0.0252. The largest absolute Gasteiger partial charge is 0.461 e. The molecule has 1 aromatic carbocycles. The Balaban J connectivity index is 1.58. The van der Waals surface area contributed by atoms with Crippen LogP contribution in [0, 0.1) is 5.92 Å². The lowest BCUT2D eigenvalue weighted by Gasteiger charge is -2.06. The number of nitrogens with zero attached hydrogens (tertiary/aromatic N) is 1. The molecule has 1 N–H and O–H groups in total. The molecule has 1 saturated heterocycles. The molecule has 0 unspecified atom stereocenters. The van der Waals surface area contributed by atoms with E-state index in [4.69, 9.17) is 4.74 Å². The number of fused-ring (bicyclic) bond motifs is 1. The summed E-state index contributed by atoms with van der Waals surface area (Å²) in [6.07, 6.45) is 2.84. The summed E-state index contributed by atoms with van der Waals surface area (Å²) in [4.78, 5) is 19.5. The molecule has 20 heavy (non-hydrogen) atoms. The van der Waals surface area contributed by atoms with Crippen LogP contribution in [0.15, 0.2) is 29.4 Å². The molecule has 1 aromatic heterocycles. The number of carbonyl (C=O) groups excluding carboxylic acids is 1. The van der Waals surface area contributed by atoms with Crippen molar-refractivity contribution in [2.45, 2.75) is 37.4 Å². The predicted octanol–water partition coefficient (Wildman–Crippen LogP) is 3.39. The number of aromatic amines is 1. The van der Waals surface area contributed by atoms with E-state index in [-0.39, 0.29) is 18.0 Å². The van der Waals surface area contributed by atoms with Crippen molar-refractivity contribution in [3.05, 3.63) is 24.3 Å². The quantitative estimate of drug-likeness (QED) is 0.677. The van der Waals surface area contributed by atoms with Gasteiger partial charge in [0.25, 0.3) is 0 Å². The van der Waals surface area contributed by atoms with Gasteiger partial charge in [0.1, 0.15) is 6.10 Å². The fourth-order valence-electron chi connectivity index (χ4n) is 2.58. The first-order chi connectivity index (χ1) is 9.76. The standard InChI is InChI=1S/C15H18N2O2S/c1-2-5-10-8-11(19-14(10)18)9-20-15-16-12-6-3-4-7-13(12)17-15/h3-4,6-7,10-11H,2,5,8-9H2,1H3,(H,16,17)/t10-,11-/m0/s1. The van der Waals surface area contributed by atoms with Crippen LogP contribution in [0.4, 0.5) is 0 Å². The molecule has 2 heterocycles. The number of imidazole rings is 1. The molecule has 1 aliphatic heterocycles. The summed E-state index contributed by atoms with van der Waals surface area (Å²) in [5, 5.41) is 0.890. The van der Waals surface area contributed by atoms with Crippen molar-refractivity contribution in [1.29, 1.82) is 0 Å². The van der Waals surface area contributed by atoms with Crippen LogP contribution in [-0.2, 0) is 9.53 Å². The van der Waals surface area contributed by atoms with Crippen molar-refractivity contribution < 1.29 is 9.53 Å². The highest BCUT2D eigenvalue weighted by Crippen LogP contribution is 2.29. The number of ether oxygens (including phenoxy) is 1. The highest BCUT2D eigenvalue weighted by molar-refractivity contribution is 7.99. The number of benzene rings is 1. The van der Waals surface area contributed by atoms with Crippen molar-refractivity contribution >= 4 is 28.8 Å². The summed E-state index contributed by atoms with van der Waals surface area (Å²) in [5.41, 5.74) is 2.02. The number of hydrogen-bond donors (Lipinski definition) is 1. The SMILES string of the molecule is CCC[C@H]1C[C@@H](CSc2nc3ccccc3[nH]2)OC1=O. The van der Waals surface area contributed by atoms with Crippen LogP contribution >= 0.6 is 11.8 Å². The Morgan fingerprint density at radius 1 is 1.45 bits per heavy atom. The van der Waals surface area contributed by atoms with Gasteiger partial charge >= 0.3 is 5.97 Å². The fraction of sp³-hybridized carbons (Fsp3) is 0.467. The van der Waals surface area contributed by atoms with Crippen molar-refractivity contribution in [3.8, 4) is 0 Å². The third-order valence-electron chi connectivity index (χ3n) is 3.57. The Bertz CT molecular complexity index is 578. The van der Waals surface area contributed by atoms with Gasteiger partial charge in [0, 0.05) is 5.75 Å². The summed E-state index contributed by atoms with van der Waals surface area (Å²) in [5.74, 6) is 0.842. The number of cyclic esters (lactones) is 1. The monoisotopic (exact) mass is 290 g/mol. The van der Waals surface area contributed by atoms with E-state index in [2.05, 4.69) is 16.9 Å². The maximum absolute atomic E-state index is 11.7. The van der Waals surface area contributed by atoms with Gasteiger partial charge in [0.05, 0.1) is 17.0 Å². The van der Waals surface area contributed by atoms with Crippen LogP contribution in [0.3, 0.4) is 0 Å². The molecular weight excluding hydrogens is 272 g/mol. The van der Waals surface area contributed by atoms with E-state index in [0.717, 1.165) is 41.2 Å². The number of rotatable bonds is 5. The summed E-state index contributed by atoms with van der Waals surface area (Å²) >= 11 is 1.62. The van der Waals surface area contributed by atoms with E-state index in [9.17, 15) is 4.79 Å². The molecule has 0 bridgehead atoms. The van der Waals surface area contributed by atoms with E-state index in [1.54, 1.807) is 11.8 Å². The van der Waals surface area contributed by atoms with Gasteiger partial charge in [0.15, 0.2) is 5.16 Å². The van der Waals surface area contributed by atoms with Gasteiger partial charge in [-0.25, -0.2) is 4.98 Å². The zero-order chi connectivity index (χ0) is 13.9. The maximum Gasteiger partial charge on any atom is 0.309 e. The molecule has 0 radical (unpaired) electrons. The second-order valence-corrected chi connectivity index (χ2v) is 6.16. The fourth-order valence-corrected chi connectivity index (χ4v) is 3.47. The first-order valence-electron chi connectivity index (χ1n) is 7.04. The minimum Gasteiger partial charge on any atom is -0.461 e. The van der Waals surface area contributed by atoms with Crippen LogP contribution in [0.25, 0.3) is 11.0 Å². The van der Waals surface area contributed by atoms with Crippen molar-refractivity contribution in [2.24, 2.45) is 5.92 Å². The topological polar surface area (TPSA) is 55.0 Å². The van der Waals surface area contributed by atoms with Crippen molar-refractivity contribution in [2.75, 3.05) is 5.75 Å². The first kappa shape index (κ1) is 13.5. The molecule has 1 aliphatic rings. The molecule has 106 valence electrons. The Morgan fingerprint density at radius 2 is 2.30 bits per heavy atom. The van der Waals surface area contributed by atoms with Crippen LogP contribution in [0.2, 0.25) is 0 Å². The van der Waals surface area contributed by atoms with Crippen LogP contribution < -0.4 is 0 Å². The van der Waals surface area contributed by atoms with Gasteiger partial charge in [-0.05, 0) is 25.0 Å². The lowest BCUT2D eigenvalue weighted by atomic mass is 10.0. The number of nitrogens with one attached hydrogen (secondary N) is 1. The molecule has 0 spiro atoms. The van der Waals surface area contributed by atoms with Gasteiger partial charge in [-0.3, -0.25) is 4.79 Å². The van der Waals surface area contributed by atoms with E-state index < -0.39 is 0 Å². The molecule has 0 amide bonds. The molecule has 4 nitrogen and oxygen atoms in total. The molecule has 2 atom stereocenters. The number of thioether (sulfide) groups is 1. The average Bonchev–Trinajstić information content (AvgIpc) is 3.00. The summed E-state index contributed by atoms with van der Waals surface area (Å²) < 4.78 is 5.42. The molecule has 3 rings (SSSR count). The summed E-state index contributed by atoms with van der Waals surface area (Å²) in [7, 11) is 0. The molecule has 0 aliphatic carbocycles. The van der Waals surface area contributed by atoms with Gasteiger partial charge in [-0.15, -0.1) is 0 Å². The van der Waals surface area contributed by atoms with Gasteiger partial charge in [-0.1, -0.05) is 37.2 Å². The first-order valence-corrected chi connectivity index (χ1v) is 8.03. The maximum atomic E-state index is 11.7. The number of aromatic nitrogens is 2. The third kappa shape index (κ3) is 2.82. The molecule has 2 aromatic rings. The Morgan fingerprint density at radius 3 is 3.10 bits per heavy atom. The third-order valence-corrected chi connectivity index (χ3v) is 4.58. The second-order valence-electron chi connectivity index (χ2n) is 5.15. The van der Waals surface area contributed by atoms with E-state index in [0.29, 0.717) is 0 Å². The lowest BCUT2D eigenvalue weighted by molar-refractivity contribution is -0.143. The Hall–Kier alpha value is -1.49. The molecular formula is C15H18N2O2S. The normalized spacial score (nSPS) is 22.4. The molecule has 0 saturated carbocycles. The van der Waals surface area contributed by atoms with E-state index in [1.807, 2.05) is 24.3 Å². The number of carbonyl (C=O) groups is 1. The molecule has 1 fully saturated rings. The van der Waals surface area contributed by atoms with Crippen molar-refractivity contribution in [3.63, 3.8) is 0 Å². The number of para-hydroxylation sites is 2. The van der Waals surface area contributed by atoms with Crippen LogP contribution in [-0.4, -0.2) is 27.8 Å². The smallest absolute Gasteiger partial charge is 0.309 e. The Labute approximate surface area is 122 Å². The zero-order valence-corrected chi connectivity index (χ0v) is 12.3. The highest BCUT2D eigenvalue weighted by Gasteiger charge is 2.33. The van der Waals surface area contributed by atoms with E-state index >= 15 is 0 Å². The average molecular weight is 290 g/mol. The predicted molar refractivity (Wildman–Crippen MR) is 79.7 cm³/mol. The number of hydrogen-bond acceptors (Lipinski definition) is 4. The second kappa shape index (κ2) is 5.87. The minimum atomic E-state index is -0.0259. The van der Waals surface area contributed by atoms with Crippen LogP contribution in [0.1, 0.15) is 26.2 Å². The summed E-state index contributed by atoms with van der Waals surface area (Å²) in [6, 6.07) is 7.97. The van der Waals surface area contributed by atoms with Crippen molar-refractivity contribution in [1.82, 2.24) is 9.97 Å². The molecule has 5 heteroatoms. The van der Waals surface area contributed by atoms with Gasteiger partial charge < -0.3 is 9.72 Å². The Kier molecular flexibility index (Phi) is 3.96. The van der Waals surface area contributed by atoms with Gasteiger partial charge in [0.2, 0.25) is 0 Å². The van der Waals surface area contributed by atoms with E-state index in [1.165, 1.54) is 0 Å². The lowest BCUT2D eigenvalue weighted by Crippen LogP contribution is -2.09. The summed E-state index contributed by atoms with van der Waals surface area (Å²) in [6.45, 7) is 2.10. The van der Waals surface area contributed by atoms with Crippen LogP contribution in [0.5, 0.6) is 0 Å². The van der Waals surface area contributed by atoms with Gasteiger partial charge in [-0.2, -0.15) is 0 Å². The zero-order valence-electron chi connectivity index (χ0n) is 11.5. The number of H-pyrrole nitrogens is 1.